The van der Waals surface area contributed by atoms with Crippen molar-refractivity contribution in [1.29, 1.82) is 5.26 Å². The number of fused-ring (bicyclic) bond motifs is 3. The fourth-order valence-electron chi connectivity index (χ4n) is 5.52. The molecular formula is C35H21N3. The zero-order chi connectivity index (χ0) is 25.5. The van der Waals surface area contributed by atoms with Crippen molar-refractivity contribution in [2.45, 2.75) is 0 Å². The minimum Gasteiger partial charge on any atom is -0.248 e. The van der Waals surface area contributed by atoms with E-state index in [1.807, 2.05) is 18.2 Å². The molecule has 0 bridgehead atoms. The van der Waals surface area contributed by atoms with Gasteiger partial charge in [-0.2, -0.15) is 5.26 Å². The second-order valence-electron chi connectivity index (χ2n) is 9.32. The van der Waals surface area contributed by atoms with Crippen LogP contribution >= 0.6 is 0 Å². The molecule has 0 saturated carbocycles. The van der Waals surface area contributed by atoms with Crippen LogP contribution in [-0.4, -0.2) is 9.97 Å². The smallest absolute Gasteiger partial charge is 0.141 e. The average molecular weight is 484 g/mol. The van der Waals surface area contributed by atoms with E-state index in [2.05, 4.69) is 108 Å². The fourth-order valence-corrected chi connectivity index (χ4v) is 5.52. The third-order valence-corrected chi connectivity index (χ3v) is 7.17. The highest BCUT2D eigenvalue weighted by molar-refractivity contribution is 6.23. The Hall–Kier alpha value is -5.33. The summed E-state index contributed by atoms with van der Waals surface area (Å²) in [5.74, 6) is 0. The summed E-state index contributed by atoms with van der Waals surface area (Å²) in [6.07, 6.45) is 1.66. The molecule has 3 heteroatoms. The van der Waals surface area contributed by atoms with Gasteiger partial charge >= 0.3 is 0 Å². The zero-order valence-corrected chi connectivity index (χ0v) is 20.5. The van der Waals surface area contributed by atoms with Gasteiger partial charge in [-0.3, -0.25) is 0 Å². The summed E-state index contributed by atoms with van der Waals surface area (Å²) in [6.45, 7) is 0. The number of aromatic nitrogens is 2. The van der Waals surface area contributed by atoms with Gasteiger partial charge < -0.3 is 0 Å². The quantitative estimate of drug-likeness (QED) is 0.236. The van der Waals surface area contributed by atoms with E-state index in [1.54, 1.807) is 12.3 Å². The van der Waals surface area contributed by atoms with Crippen LogP contribution in [0.2, 0.25) is 0 Å². The maximum absolute atomic E-state index is 9.33. The SMILES string of the molecule is N#Cc1cc(-c2cccc(-c3c4ccccc4c(-c4cccc5ccccc45)c4ccccc34)n2)ccn1. The molecule has 0 unspecified atom stereocenters. The molecule has 3 nitrogen and oxygen atoms in total. The predicted octanol–water partition coefficient (Wildman–Crippen LogP) is 8.81. The van der Waals surface area contributed by atoms with Crippen LogP contribution in [0.3, 0.4) is 0 Å². The van der Waals surface area contributed by atoms with E-state index in [0.29, 0.717) is 5.69 Å². The van der Waals surface area contributed by atoms with Crippen LogP contribution in [0.1, 0.15) is 5.69 Å². The molecule has 2 heterocycles. The molecule has 0 radical (unpaired) electrons. The van der Waals surface area contributed by atoms with E-state index in [-0.39, 0.29) is 0 Å². The molecule has 0 amide bonds. The Labute approximate surface area is 220 Å². The summed E-state index contributed by atoms with van der Waals surface area (Å²) < 4.78 is 0. The van der Waals surface area contributed by atoms with E-state index in [0.717, 1.165) is 33.3 Å². The first-order valence-corrected chi connectivity index (χ1v) is 12.6. The average Bonchev–Trinajstić information content (AvgIpc) is 2.99. The Bertz CT molecular complexity index is 1990. The number of benzene rings is 5. The van der Waals surface area contributed by atoms with Crippen LogP contribution in [0.5, 0.6) is 0 Å². The predicted molar refractivity (Wildman–Crippen MR) is 156 cm³/mol. The molecule has 176 valence electrons. The van der Waals surface area contributed by atoms with Gasteiger partial charge in [0.15, 0.2) is 0 Å². The molecule has 0 saturated heterocycles. The molecule has 0 atom stereocenters. The van der Waals surface area contributed by atoms with Crippen molar-refractivity contribution in [1.82, 2.24) is 9.97 Å². The van der Waals surface area contributed by atoms with Crippen molar-refractivity contribution in [2.75, 3.05) is 0 Å². The van der Waals surface area contributed by atoms with Crippen LogP contribution in [-0.2, 0) is 0 Å². The fraction of sp³-hybridized carbons (Fsp3) is 0. The van der Waals surface area contributed by atoms with Gasteiger partial charge in [0.2, 0.25) is 0 Å². The molecular weight excluding hydrogens is 462 g/mol. The highest BCUT2D eigenvalue weighted by atomic mass is 14.7. The van der Waals surface area contributed by atoms with Crippen LogP contribution in [0, 0.1) is 11.3 Å². The maximum Gasteiger partial charge on any atom is 0.141 e. The molecule has 0 aliphatic heterocycles. The number of nitrogens with zero attached hydrogens (tertiary/aromatic N) is 3. The van der Waals surface area contributed by atoms with Gasteiger partial charge in [0.25, 0.3) is 0 Å². The maximum atomic E-state index is 9.33. The Balaban J connectivity index is 1.56. The molecule has 0 spiro atoms. The standard InChI is InChI=1S/C35H21N3/c36-22-25-21-24(19-20-37-25)32-17-8-18-33(38-32)35-30-14-5-3-12-28(30)34(29-13-4-6-15-31(29)35)27-16-7-10-23-9-1-2-11-26(23)27/h1-21H. The topological polar surface area (TPSA) is 49.6 Å². The minimum absolute atomic E-state index is 0.380. The molecule has 38 heavy (non-hydrogen) atoms. The van der Waals surface area contributed by atoms with Crippen LogP contribution in [0.25, 0.3) is 66.0 Å². The summed E-state index contributed by atoms with van der Waals surface area (Å²) >= 11 is 0. The molecule has 0 aliphatic rings. The van der Waals surface area contributed by atoms with Gasteiger partial charge in [-0.25, -0.2) is 9.97 Å². The van der Waals surface area contributed by atoms with Crippen molar-refractivity contribution >= 4 is 32.3 Å². The van der Waals surface area contributed by atoms with Crippen LogP contribution in [0.4, 0.5) is 0 Å². The first-order chi connectivity index (χ1) is 18.8. The lowest BCUT2D eigenvalue weighted by atomic mass is 9.85. The van der Waals surface area contributed by atoms with Crippen molar-refractivity contribution in [3.05, 3.63) is 133 Å². The van der Waals surface area contributed by atoms with E-state index in [4.69, 9.17) is 4.98 Å². The van der Waals surface area contributed by atoms with E-state index in [1.165, 1.54) is 32.7 Å². The van der Waals surface area contributed by atoms with E-state index >= 15 is 0 Å². The molecule has 5 aromatic carbocycles. The molecule has 7 rings (SSSR count). The largest absolute Gasteiger partial charge is 0.248 e. The lowest BCUT2D eigenvalue weighted by molar-refractivity contribution is 1.25. The lowest BCUT2D eigenvalue weighted by Crippen LogP contribution is -1.94. The van der Waals surface area contributed by atoms with Gasteiger partial charge in [0.05, 0.1) is 11.4 Å². The second-order valence-corrected chi connectivity index (χ2v) is 9.32. The van der Waals surface area contributed by atoms with Gasteiger partial charge in [-0.05, 0) is 67.7 Å². The molecule has 0 N–H and O–H groups in total. The lowest BCUT2D eigenvalue weighted by Gasteiger charge is -2.18. The monoisotopic (exact) mass is 483 g/mol. The Morgan fingerprint density at radius 1 is 0.526 bits per heavy atom. The zero-order valence-electron chi connectivity index (χ0n) is 20.5. The van der Waals surface area contributed by atoms with Gasteiger partial charge in [-0.15, -0.1) is 0 Å². The van der Waals surface area contributed by atoms with Crippen LogP contribution in [0.15, 0.2) is 128 Å². The summed E-state index contributed by atoms with van der Waals surface area (Å²) in [6, 6.07) is 44.2. The van der Waals surface area contributed by atoms with Crippen molar-refractivity contribution in [3.63, 3.8) is 0 Å². The minimum atomic E-state index is 0.380. The third kappa shape index (κ3) is 3.51. The number of pyridine rings is 2. The van der Waals surface area contributed by atoms with E-state index < -0.39 is 0 Å². The number of rotatable bonds is 3. The molecule has 2 aromatic heterocycles. The highest BCUT2D eigenvalue weighted by Crippen LogP contribution is 2.44. The number of hydrogen-bond acceptors (Lipinski definition) is 3. The van der Waals surface area contributed by atoms with E-state index in [9.17, 15) is 5.26 Å². The Morgan fingerprint density at radius 2 is 1.11 bits per heavy atom. The number of nitriles is 1. The van der Waals surface area contributed by atoms with Crippen molar-refractivity contribution in [3.8, 4) is 39.7 Å². The summed E-state index contributed by atoms with van der Waals surface area (Å²) in [5, 5.41) is 16.5. The summed E-state index contributed by atoms with van der Waals surface area (Å²) in [5.41, 5.74) is 6.54. The van der Waals surface area contributed by atoms with Crippen LogP contribution < -0.4 is 0 Å². The molecule has 0 aliphatic carbocycles. The third-order valence-electron chi connectivity index (χ3n) is 7.17. The highest BCUT2D eigenvalue weighted by Gasteiger charge is 2.18. The van der Waals surface area contributed by atoms with Gasteiger partial charge in [0.1, 0.15) is 11.8 Å². The molecule has 0 fully saturated rings. The second kappa shape index (κ2) is 8.96. The van der Waals surface area contributed by atoms with Crippen molar-refractivity contribution in [2.24, 2.45) is 0 Å². The van der Waals surface area contributed by atoms with Gasteiger partial charge in [0, 0.05) is 17.3 Å². The normalized spacial score (nSPS) is 11.1. The summed E-state index contributed by atoms with van der Waals surface area (Å²) in [7, 11) is 0. The molecule has 7 aromatic rings. The first-order valence-electron chi connectivity index (χ1n) is 12.6. The number of hydrogen-bond donors (Lipinski definition) is 0. The Morgan fingerprint density at radius 3 is 1.82 bits per heavy atom. The van der Waals surface area contributed by atoms with Crippen molar-refractivity contribution < 1.29 is 0 Å². The first kappa shape index (κ1) is 21.9. The Kier molecular flexibility index (Phi) is 5.17. The van der Waals surface area contributed by atoms with Gasteiger partial charge in [-0.1, -0.05) is 97.1 Å². The summed E-state index contributed by atoms with van der Waals surface area (Å²) in [4.78, 5) is 9.22.